The van der Waals surface area contributed by atoms with Gasteiger partial charge in [0, 0.05) is 10.4 Å². The van der Waals surface area contributed by atoms with Crippen molar-refractivity contribution in [2.45, 2.75) is 6.04 Å². The van der Waals surface area contributed by atoms with Crippen molar-refractivity contribution in [2.24, 2.45) is 5.84 Å². The standard InChI is InChI=1S/C11H9BrF2N2S/c12-6-3-4-7(13)9(10(6)14)11(16-15)8-2-1-5-17-8/h1-5,11,16H,15H2. The number of hydrogen-bond acceptors (Lipinski definition) is 3. The molecular weight excluding hydrogens is 310 g/mol. The number of thiophene rings is 1. The van der Waals surface area contributed by atoms with Crippen molar-refractivity contribution in [2.75, 3.05) is 0 Å². The van der Waals surface area contributed by atoms with Gasteiger partial charge in [-0.1, -0.05) is 6.07 Å². The second kappa shape index (κ2) is 5.22. The van der Waals surface area contributed by atoms with Gasteiger partial charge in [0.1, 0.15) is 11.6 Å². The minimum Gasteiger partial charge on any atom is -0.271 e. The van der Waals surface area contributed by atoms with Crippen LogP contribution in [0.4, 0.5) is 8.78 Å². The maximum absolute atomic E-state index is 13.9. The average Bonchev–Trinajstić information content (AvgIpc) is 2.83. The summed E-state index contributed by atoms with van der Waals surface area (Å²) in [5, 5.41) is 1.83. The Morgan fingerprint density at radius 1 is 1.29 bits per heavy atom. The third-order valence-corrected chi connectivity index (χ3v) is 3.91. The molecule has 0 aliphatic heterocycles. The van der Waals surface area contributed by atoms with E-state index in [1.807, 2.05) is 5.38 Å². The lowest BCUT2D eigenvalue weighted by atomic mass is 10.0. The fraction of sp³-hybridized carbons (Fsp3) is 0.0909. The summed E-state index contributed by atoms with van der Waals surface area (Å²) in [5.41, 5.74) is 2.36. The molecule has 0 bridgehead atoms. The zero-order chi connectivity index (χ0) is 12.4. The molecule has 1 heterocycles. The molecule has 3 N–H and O–H groups in total. The normalized spacial score (nSPS) is 12.7. The molecule has 17 heavy (non-hydrogen) atoms. The van der Waals surface area contributed by atoms with Crippen LogP contribution in [-0.2, 0) is 0 Å². The lowest BCUT2D eigenvalue weighted by molar-refractivity contribution is 0.510. The quantitative estimate of drug-likeness (QED) is 0.517. The maximum Gasteiger partial charge on any atom is 0.145 e. The number of benzene rings is 1. The average molecular weight is 319 g/mol. The van der Waals surface area contributed by atoms with Crippen LogP contribution in [-0.4, -0.2) is 0 Å². The van der Waals surface area contributed by atoms with E-state index >= 15 is 0 Å². The molecule has 2 aromatic rings. The van der Waals surface area contributed by atoms with Crippen molar-refractivity contribution in [1.29, 1.82) is 0 Å². The van der Waals surface area contributed by atoms with E-state index in [0.29, 0.717) is 0 Å². The van der Waals surface area contributed by atoms with Gasteiger partial charge in [-0.3, -0.25) is 5.84 Å². The van der Waals surface area contributed by atoms with Gasteiger partial charge in [0.05, 0.1) is 10.5 Å². The Kier molecular flexibility index (Phi) is 3.88. The fourth-order valence-electron chi connectivity index (χ4n) is 1.57. The van der Waals surface area contributed by atoms with Gasteiger partial charge in [-0.2, -0.15) is 0 Å². The topological polar surface area (TPSA) is 38.0 Å². The third kappa shape index (κ3) is 2.40. The molecule has 0 fully saturated rings. The molecule has 0 saturated heterocycles. The highest BCUT2D eigenvalue weighted by Gasteiger charge is 2.23. The van der Waals surface area contributed by atoms with Gasteiger partial charge in [-0.15, -0.1) is 11.3 Å². The molecule has 0 radical (unpaired) electrons. The van der Waals surface area contributed by atoms with Gasteiger partial charge in [-0.25, -0.2) is 14.2 Å². The van der Waals surface area contributed by atoms with Gasteiger partial charge < -0.3 is 0 Å². The summed E-state index contributed by atoms with van der Waals surface area (Å²) in [7, 11) is 0. The predicted octanol–water partition coefficient (Wildman–Crippen LogP) is 3.34. The molecule has 1 atom stereocenters. The van der Waals surface area contributed by atoms with Crippen LogP contribution in [0.5, 0.6) is 0 Å². The number of rotatable bonds is 3. The van der Waals surface area contributed by atoms with Crippen LogP contribution >= 0.6 is 27.3 Å². The summed E-state index contributed by atoms with van der Waals surface area (Å²) in [5.74, 6) is 4.13. The molecule has 0 aliphatic carbocycles. The smallest absolute Gasteiger partial charge is 0.145 e. The highest BCUT2D eigenvalue weighted by atomic mass is 79.9. The summed E-state index contributed by atoms with van der Waals surface area (Å²) in [6.45, 7) is 0. The molecule has 2 nitrogen and oxygen atoms in total. The van der Waals surface area contributed by atoms with Gasteiger partial charge in [0.2, 0.25) is 0 Å². The Labute approximate surface area is 110 Å². The predicted molar refractivity (Wildman–Crippen MR) is 67.5 cm³/mol. The molecule has 1 unspecified atom stereocenters. The lowest BCUT2D eigenvalue weighted by Crippen LogP contribution is -2.29. The molecule has 2 rings (SSSR count). The van der Waals surface area contributed by atoms with E-state index in [4.69, 9.17) is 5.84 Å². The minimum absolute atomic E-state index is 0.0793. The van der Waals surface area contributed by atoms with E-state index in [0.717, 1.165) is 4.88 Å². The molecule has 0 spiro atoms. The van der Waals surface area contributed by atoms with Gasteiger partial charge in [0.25, 0.3) is 0 Å². The van der Waals surface area contributed by atoms with Crippen LogP contribution in [0.3, 0.4) is 0 Å². The Morgan fingerprint density at radius 2 is 2.06 bits per heavy atom. The van der Waals surface area contributed by atoms with Crippen molar-refractivity contribution in [3.8, 4) is 0 Å². The lowest BCUT2D eigenvalue weighted by Gasteiger charge is -2.16. The second-order valence-electron chi connectivity index (χ2n) is 3.37. The van der Waals surface area contributed by atoms with Crippen LogP contribution in [0.25, 0.3) is 0 Å². The largest absolute Gasteiger partial charge is 0.271 e. The number of hydrogen-bond donors (Lipinski definition) is 2. The van der Waals surface area contributed by atoms with Gasteiger partial charge in [0.15, 0.2) is 0 Å². The first kappa shape index (κ1) is 12.6. The van der Waals surface area contributed by atoms with Gasteiger partial charge >= 0.3 is 0 Å². The molecule has 1 aromatic heterocycles. The van der Waals surface area contributed by atoms with E-state index in [-0.39, 0.29) is 10.0 Å². The van der Waals surface area contributed by atoms with E-state index in [1.165, 1.54) is 23.5 Å². The second-order valence-corrected chi connectivity index (χ2v) is 5.21. The van der Waals surface area contributed by atoms with Crippen LogP contribution in [0.15, 0.2) is 34.1 Å². The monoisotopic (exact) mass is 318 g/mol. The first-order valence-corrected chi connectivity index (χ1v) is 6.45. The van der Waals surface area contributed by atoms with Crippen LogP contribution in [0, 0.1) is 11.6 Å². The highest BCUT2D eigenvalue weighted by molar-refractivity contribution is 9.10. The first-order chi connectivity index (χ1) is 8.15. The summed E-state index contributed by atoms with van der Waals surface area (Å²) >= 11 is 4.42. The van der Waals surface area contributed by atoms with E-state index in [2.05, 4.69) is 21.4 Å². The van der Waals surface area contributed by atoms with Crippen molar-refractivity contribution < 1.29 is 8.78 Å². The molecule has 0 saturated carbocycles. The van der Waals surface area contributed by atoms with Crippen LogP contribution in [0.1, 0.15) is 16.5 Å². The third-order valence-electron chi connectivity index (χ3n) is 2.36. The number of halogens is 3. The van der Waals surface area contributed by atoms with E-state index < -0.39 is 17.7 Å². The number of hydrazine groups is 1. The molecule has 1 aromatic carbocycles. The van der Waals surface area contributed by atoms with E-state index in [9.17, 15) is 8.78 Å². The zero-order valence-corrected chi connectivity index (χ0v) is 11.0. The summed E-state index contributed by atoms with van der Waals surface area (Å²) in [4.78, 5) is 0.753. The SMILES string of the molecule is NNC(c1cccs1)c1c(F)ccc(Br)c1F. The highest BCUT2D eigenvalue weighted by Crippen LogP contribution is 2.32. The van der Waals surface area contributed by atoms with Crippen LogP contribution < -0.4 is 11.3 Å². The summed E-state index contributed by atoms with van der Waals surface area (Å²) < 4.78 is 27.8. The minimum atomic E-state index is -0.688. The molecule has 90 valence electrons. The van der Waals surface area contributed by atoms with E-state index in [1.54, 1.807) is 12.1 Å². The summed E-state index contributed by atoms with van der Waals surface area (Å²) in [6.07, 6.45) is 0. The first-order valence-electron chi connectivity index (χ1n) is 4.78. The van der Waals surface area contributed by atoms with Crippen molar-refractivity contribution >= 4 is 27.3 Å². The fourth-order valence-corrected chi connectivity index (χ4v) is 2.71. The molecular formula is C11H9BrF2N2S. The summed E-state index contributed by atoms with van der Waals surface area (Å²) in [6, 6.07) is 5.43. The van der Waals surface area contributed by atoms with Crippen LogP contribution in [0.2, 0.25) is 0 Å². The Bertz CT molecular complexity index is 516. The Balaban J connectivity index is 2.55. The molecule has 0 aliphatic rings. The van der Waals surface area contributed by atoms with Crippen molar-refractivity contribution in [3.05, 3.63) is 56.2 Å². The van der Waals surface area contributed by atoms with Crippen molar-refractivity contribution in [3.63, 3.8) is 0 Å². The number of nitrogens with two attached hydrogens (primary N) is 1. The molecule has 0 amide bonds. The Hall–Kier alpha value is -0.820. The number of nitrogens with one attached hydrogen (secondary N) is 1. The molecule has 6 heteroatoms. The van der Waals surface area contributed by atoms with Gasteiger partial charge in [-0.05, 0) is 39.5 Å². The zero-order valence-electron chi connectivity index (χ0n) is 8.58. The van der Waals surface area contributed by atoms with Crippen molar-refractivity contribution in [1.82, 2.24) is 5.43 Å². The maximum atomic E-state index is 13.9. The Morgan fingerprint density at radius 3 is 2.65 bits per heavy atom.